The van der Waals surface area contributed by atoms with Gasteiger partial charge in [0.15, 0.2) is 44.6 Å². The van der Waals surface area contributed by atoms with Crippen molar-refractivity contribution in [2.24, 2.45) is 22.9 Å². The second kappa shape index (κ2) is 42.7. The van der Waals surface area contributed by atoms with Crippen molar-refractivity contribution in [3.8, 4) is 33.8 Å². The van der Waals surface area contributed by atoms with Crippen LogP contribution < -0.4 is 40.7 Å². The van der Waals surface area contributed by atoms with Gasteiger partial charge in [0.05, 0.1) is 48.4 Å². The molecule has 4 aliphatic rings. The van der Waals surface area contributed by atoms with E-state index in [2.05, 4.69) is 75.7 Å². The summed E-state index contributed by atoms with van der Waals surface area (Å²) in [7, 11) is -12.2. The van der Waals surface area contributed by atoms with Crippen molar-refractivity contribution in [1.29, 1.82) is 0 Å². The highest BCUT2D eigenvalue weighted by Gasteiger charge is 2.52. The maximum atomic E-state index is 13.9. The Morgan fingerprint density at radius 3 is 1.21 bits per heavy atom. The maximum Gasteiger partial charge on any atom is 0.485 e. The third-order valence-corrected chi connectivity index (χ3v) is 20.5. The minimum atomic E-state index is -6.09. The van der Waals surface area contributed by atoms with E-state index in [4.69, 9.17) is 84.1 Å². The Balaban J connectivity index is 0.000000355. The zero-order valence-electron chi connectivity index (χ0n) is 77.8. The Morgan fingerprint density at radius 2 is 0.870 bits per heavy atom. The van der Waals surface area contributed by atoms with Crippen molar-refractivity contribution in [3.05, 3.63) is 83.4 Å². The van der Waals surface area contributed by atoms with Gasteiger partial charge in [0, 0.05) is 44.6 Å². The molecule has 6 N–H and O–H groups in total. The number of fused-ring (bicyclic) bond motifs is 2. The van der Waals surface area contributed by atoms with Gasteiger partial charge in [0.25, 0.3) is 5.60 Å². The van der Waals surface area contributed by atoms with Gasteiger partial charge in [-0.3, -0.25) is 10.2 Å². The lowest BCUT2D eigenvalue weighted by Gasteiger charge is -2.38. The van der Waals surface area contributed by atoms with Crippen molar-refractivity contribution in [3.63, 3.8) is 0 Å². The Morgan fingerprint density at radius 1 is 0.527 bits per heavy atom. The van der Waals surface area contributed by atoms with Crippen molar-refractivity contribution in [2.75, 3.05) is 44.6 Å². The van der Waals surface area contributed by atoms with E-state index in [-0.39, 0.29) is 41.3 Å². The quantitative estimate of drug-likeness (QED) is 0.00441. The third kappa shape index (κ3) is 34.6. The SMILES string of the molecule is CC(C)(C)OC(=O)NCCCn1cc(-c2ccc3c(c2)CC[C@H]([C@](C)(O/N=C(\C(=O)O)c2csc(NC(=O)OC(C)(C)C)n2)C(=O)OC(C)(C)C)O3)c[n+]1CC1CN(C(=O)OC(C)(C)C)C1.CC(C)(C)OC(=O)NCCCn1cc(-c2ccc3c(c2)CC[C@H]([C@](C)(ON)C(=O)OC(C)(C)C)O3)c[n+]1CC1CN(C(=O)OC(C)(C)C)C1.O=S(=O)([O-])C(F)(F)F.O=S(=O)([O-])C(F)(F)F. The first-order valence-electron chi connectivity index (χ1n) is 41.7. The lowest BCUT2D eigenvalue weighted by molar-refractivity contribution is -0.781. The zero-order valence-corrected chi connectivity index (χ0v) is 80.2. The number of nitrogens with one attached hydrogen (secondary N) is 3. The number of nitrogens with two attached hydrogens (primary N) is 1. The van der Waals surface area contributed by atoms with Crippen molar-refractivity contribution < 1.29 is 157 Å². The molecule has 2 saturated heterocycles. The van der Waals surface area contributed by atoms with Gasteiger partial charge in [-0.15, -0.1) is 20.7 Å². The normalized spacial score (nSPS) is 16.9. The summed E-state index contributed by atoms with van der Waals surface area (Å²) >= 11 is 0.957. The summed E-state index contributed by atoms with van der Waals surface area (Å²) in [6, 6.07) is 11.8. The van der Waals surface area contributed by atoms with E-state index in [0.29, 0.717) is 103 Å². The minimum Gasteiger partial charge on any atom is -0.741 e. The lowest BCUT2D eigenvalue weighted by Crippen LogP contribution is -2.58. The number of likely N-dealkylation sites (tertiary alicyclic amines) is 2. The molecule has 2 fully saturated rings. The van der Waals surface area contributed by atoms with Crippen molar-refractivity contribution in [1.82, 2.24) is 34.8 Å². The molecule has 0 spiro atoms. The van der Waals surface area contributed by atoms with Crippen LogP contribution in [0.1, 0.15) is 202 Å². The molecule has 38 nitrogen and oxygen atoms in total. The summed E-state index contributed by atoms with van der Waals surface area (Å²) in [5, 5.41) is 23.7. The number of aryl methyl sites for hydroxylation is 4. The van der Waals surface area contributed by atoms with Crippen LogP contribution in [0, 0.1) is 11.8 Å². The molecule has 131 heavy (non-hydrogen) atoms. The largest absolute Gasteiger partial charge is 0.741 e. The number of rotatable bonds is 24. The molecule has 0 bridgehead atoms. The van der Waals surface area contributed by atoms with Gasteiger partial charge < -0.3 is 82.1 Å². The van der Waals surface area contributed by atoms with Crippen molar-refractivity contribution >= 4 is 90.8 Å². The number of anilines is 1. The summed E-state index contributed by atoms with van der Waals surface area (Å²) in [5.74, 6) is 4.42. The maximum absolute atomic E-state index is 13.9. The number of alkyl halides is 6. The first-order chi connectivity index (χ1) is 59.6. The lowest BCUT2D eigenvalue weighted by atomic mass is 9.89. The molecule has 5 aromatic rings. The second-order valence-corrected chi connectivity index (χ2v) is 42.2. The highest BCUT2D eigenvalue weighted by atomic mass is 32.2. The van der Waals surface area contributed by atoms with Gasteiger partial charge in [0.1, 0.15) is 62.5 Å². The Bertz CT molecular complexity index is 5080. The predicted octanol–water partition coefficient (Wildman–Crippen LogP) is 12.3. The van der Waals surface area contributed by atoms with Crippen LogP contribution in [0.15, 0.2) is 71.7 Å². The highest BCUT2D eigenvalue weighted by molar-refractivity contribution is 7.86. The summed E-state index contributed by atoms with van der Waals surface area (Å²) < 4.78 is 178. The molecule has 0 saturated carbocycles. The van der Waals surface area contributed by atoms with Gasteiger partial charge in [0.2, 0.25) is 23.7 Å². The monoisotopic (exact) mass is 1920 g/mol. The molecule has 7 heterocycles. The van der Waals surface area contributed by atoms with E-state index < -0.39 is 136 Å². The fourth-order valence-electron chi connectivity index (χ4n) is 12.7. The number of oxime groups is 1. The average Bonchev–Trinajstić information content (AvgIpc) is 1.71. The average molecular weight is 1930 g/mol. The molecular formula is C84H122F6N12O26S3. The molecule has 47 heteroatoms. The number of nitrogens with zero attached hydrogens (tertiary/aromatic N) is 8. The fraction of sp³-hybridized carbons (Fsp3) is 0.643. The number of esters is 2. The first-order valence-corrected chi connectivity index (χ1v) is 45.4. The van der Waals surface area contributed by atoms with Crippen LogP contribution in [0.25, 0.3) is 22.3 Å². The van der Waals surface area contributed by atoms with E-state index in [0.717, 1.165) is 51.3 Å². The number of hydrogen-bond donors (Lipinski definition) is 5. The van der Waals surface area contributed by atoms with Crippen LogP contribution in [0.2, 0.25) is 0 Å². The minimum absolute atomic E-state index is 0.0682. The van der Waals surface area contributed by atoms with Crippen LogP contribution in [0.5, 0.6) is 11.5 Å². The predicted molar refractivity (Wildman–Crippen MR) is 458 cm³/mol. The van der Waals surface area contributed by atoms with Crippen LogP contribution in [0.3, 0.4) is 0 Å². The number of carboxylic acids is 1. The Kier molecular flexibility index (Phi) is 35.6. The highest BCUT2D eigenvalue weighted by Crippen LogP contribution is 2.40. The van der Waals surface area contributed by atoms with Crippen LogP contribution in [-0.4, -0.2) is 222 Å². The van der Waals surface area contributed by atoms with Gasteiger partial charge in [-0.2, -0.15) is 35.7 Å². The molecule has 4 aliphatic heterocycles. The number of aliphatic carboxylic acids is 1. The molecule has 9 rings (SSSR count). The number of halogens is 6. The number of hydrogen-bond acceptors (Lipinski definition) is 29. The van der Waals surface area contributed by atoms with Gasteiger partial charge in [-0.25, -0.2) is 66.1 Å². The molecular weight excluding hydrogens is 1800 g/mol. The number of alkyl carbamates (subject to hydrolysis) is 2. The van der Waals surface area contributed by atoms with Crippen LogP contribution in [0.4, 0.5) is 55.4 Å². The molecule has 734 valence electrons. The number of benzene rings is 2. The van der Waals surface area contributed by atoms with E-state index in [1.165, 1.54) is 12.3 Å². The summed E-state index contributed by atoms with van der Waals surface area (Å²) in [5.41, 5.74) is -14.3. The number of amides is 5. The molecule has 4 atom stereocenters. The molecule has 0 aliphatic carbocycles. The van der Waals surface area contributed by atoms with Gasteiger partial charge >= 0.3 is 59.4 Å². The zero-order chi connectivity index (χ0) is 99.4. The number of ether oxygens (including phenoxy) is 9. The number of carbonyl (C=O) groups excluding carboxylic acids is 7. The third-order valence-electron chi connectivity index (χ3n) is 18.6. The van der Waals surface area contributed by atoms with Crippen molar-refractivity contribution in [2.45, 2.75) is 298 Å². The first kappa shape index (κ1) is 109. The molecule has 0 radical (unpaired) electrons. The van der Waals surface area contributed by atoms with E-state index in [1.807, 2.05) is 113 Å². The Hall–Kier alpha value is -10.4. The van der Waals surface area contributed by atoms with Crippen LogP contribution >= 0.6 is 11.3 Å². The molecule has 3 aromatic heterocycles. The smallest absolute Gasteiger partial charge is 0.485 e. The number of aromatic nitrogens is 5. The standard InChI is InChI=1S/C46H65N7O12S.C36H55N5O8.2CHF3O3S/c1-42(2,3)61-37(56)46(13,65-50-35(36(54)55)32-27-66-38(48-32)49-40(58)63-44(7,8)9)34-18-16-30-21-29(15-17-33(30)60-34)31-25-52(20-14-19-47-39(57)62-43(4,5)6)53(26-31)24-28-22-51(23-28)41(59)64-45(10,11)12;1-33(2,3)46-30(42)36(10,49-37)29-15-13-26-18-25(12-14-28(26)45-29)27-22-40(17-11-16-38-31(43)47-34(4,5)6)41(23-27)21-24-19-39(20-24)32(44)48-35(7,8)9;2*2-1(3,4)8(5,6)7/h15,17,21,25-28,34H,14,16,18-20,22-24H2,1-13H3,(H2-,47,48,49,54,55,57,58);12,14,18,22-24,29H,11,13,15-17,19-21,37H2,1-10H3;2*(H,5,6,7)/b50-35-;;;/t34-,46+;29-,36+;;/m11../s1. The number of carboxylic acid groups (broad SMARTS) is 1. The topological polar surface area (TPSA) is 484 Å². The molecule has 0 unspecified atom stereocenters. The second-order valence-electron chi connectivity index (χ2n) is 38.6. The van der Waals surface area contributed by atoms with Gasteiger partial charge in [-0.05, 0) is 244 Å². The van der Waals surface area contributed by atoms with Gasteiger partial charge in [-0.1, -0.05) is 17.3 Å². The molecule has 5 amide bonds. The van der Waals surface area contributed by atoms with E-state index in [9.17, 15) is 69.8 Å². The molecule has 2 aromatic carbocycles. The number of thiazole rings is 1. The van der Waals surface area contributed by atoms with E-state index in [1.54, 1.807) is 79.0 Å². The van der Waals surface area contributed by atoms with Crippen LogP contribution in [-0.2, 0) is 116 Å². The fourth-order valence-corrected chi connectivity index (χ4v) is 13.3. The summed E-state index contributed by atoms with van der Waals surface area (Å²) in [6.07, 6.45) is 7.73. The number of carbonyl (C=O) groups is 8. The summed E-state index contributed by atoms with van der Waals surface area (Å²) in [4.78, 5) is 120. The van der Waals surface area contributed by atoms with E-state index >= 15 is 0 Å². The summed E-state index contributed by atoms with van der Waals surface area (Å²) in [6.45, 7) is 46.6. The Labute approximate surface area is 761 Å².